The van der Waals surface area contributed by atoms with Crippen molar-refractivity contribution in [1.29, 1.82) is 0 Å². The summed E-state index contributed by atoms with van der Waals surface area (Å²) in [7, 11) is 0. The van der Waals surface area contributed by atoms with Crippen LogP contribution in [0.3, 0.4) is 0 Å². The van der Waals surface area contributed by atoms with Crippen LogP contribution in [0.2, 0.25) is 0 Å². The van der Waals surface area contributed by atoms with Crippen LogP contribution < -0.4 is 0 Å². The molecule has 0 aliphatic heterocycles. The fraction of sp³-hybridized carbons (Fsp3) is 0.273. The maximum atomic E-state index is 10.9. The van der Waals surface area contributed by atoms with Crippen molar-refractivity contribution < 1.29 is 4.79 Å². The molecule has 2 aromatic rings. The average Bonchev–Trinajstić information content (AvgIpc) is 2.98. The highest BCUT2D eigenvalue weighted by molar-refractivity contribution is 5.76. The van der Waals surface area contributed by atoms with E-state index in [2.05, 4.69) is 4.98 Å². The molecule has 1 aliphatic carbocycles. The Morgan fingerprint density at radius 3 is 3.00 bits per heavy atom. The quantitative estimate of drug-likeness (QED) is 0.672. The van der Waals surface area contributed by atoms with Crippen LogP contribution >= 0.6 is 0 Å². The zero-order chi connectivity index (χ0) is 9.54. The summed E-state index contributed by atoms with van der Waals surface area (Å²) in [6.07, 6.45) is 5.21. The fourth-order valence-electron chi connectivity index (χ4n) is 1.88. The third kappa shape index (κ3) is 0.985. The van der Waals surface area contributed by atoms with Gasteiger partial charge < -0.3 is 4.40 Å². The van der Waals surface area contributed by atoms with Gasteiger partial charge in [0.25, 0.3) is 0 Å². The Balaban J connectivity index is 2.35. The standard InChI is InChI=1S/C11H10N2O/c14-7-9-11(8-4-5-8)13-6-2-1-3-10(13)12-9/h1-3,6-8H,4-5H2. The van der Waals surface area contributed by atoms with Crippen molar-refractivity contribution in [3.05, 3.63) is 35.8 Å². The third-order valence-corrected chi connectivity index (χ3v) is 2.67. The summed E-state index contributed by atoms with van der Waals surface area (Å²) in [5.41, 5.74) is 2.57. The molecule has 3 heteroatoms. The second kappa shape index (κ2) is 2.67. The predicted molar refractivity (Wildman–Crippen MR) is 52.6 cm³/mol. The summed E-state index contributed by atoms with van der Waals surface area (Å²) in [5.74, 6) is 0.549. The topological polar surface area (TPSA) is 34.4 Å². The first-order chi connectivity index (χ1) is 6.90. The Labute approximate surface area is 81.4 Å². The summed E-state index contributed by atoms with van der Waals surface area (Å²) in [6, 6.07) is 5.83. The van der Waals surface area contributed by atoms with Gasteiger partial charge >= 0.3 is 0 Å². The van der Waals surface area contributed by atoms with Crippen LogP contribution in [0, 0.1) is 0 Å². The lowest BCUT2D eigenvalue weighted by molar-refractivity contribution is 0.111. The number of hydrogen-bond acceptors (Lipinski definition) is 2. The van der Waals surface area contributed by atoms with Crippen LogP contribution in [0.15, 0.2) is 24.4 Å². The van der Waals surface area contributed by atoms with Gasteiger partial charge in [0.15, 0.2) is 6.29 Å². The zero-order valence-electron chi connectivity index (χ0n) is 7.68. The van der Waals surface area contributed by atoms with E-state index in [0.717, 1.165) is 17.6 Å². The Kier molecular flexibility index (Phi) is 1.48. The minimum atomic E-state index is 0.549. The van der Waals surface area contributed by atoms with Gasteiger partial charge in [-0.05, 0) is 25.0 Å². The van der Waals surface area contributed by atoms with E-state index in [4.69, 9.17) is 0 Å². The lowest BCUT2D eigenvalue weighted by atomic mass is 10.2. The van der Waals surface area contributed by atoms with Crippen LogP contribution in [0.1, 0.15) is 34.9 Å². The molecule has 0 bridgehead atoms. The summed E-state index contributed by atoms with van der Waals surface area (Å²) >= 11 is 0. The van der Waals surface area contributed by atoms with E-state index in [-0.39, 0.29) is 0 Å². The summed E-state index contributed by atoms with van der Waals surface area (Å²) in [5, 5.41) is 0. The normalized spacial score (nSPS) is 16.0. The van der Waals surface area contributed by atoms with Crippen LogP contribution in [-0.4, -0.2) is 15.7 Å². The van der Waals surface area contributed by atoms with Crippen molar-refractivity contribution in [1.82, 2.24) is 9.38 Å². The molecule has 0 N–H and O–H groups in total. The van der Waals surface area contributed by atoms with Crippen molar-refractivity contribution in [3.8, 4) is 0 Å². The zero-order valence-corrected chi connectivity index (χ0v) is 7.68. The van der Waals surface area contributed by atoms with Gasteiger partial charge in [-0.1, -0.05) is 6.07 Å². The van der Waals surface area contributed by atoms with E-state index in [9.17, 15) is 4.79 Å². The van der Waals surface area contributed by atoms with Gasteiger partial charge in [-0.3, -0.25) is 4.79 Å². The summed E-state index contributed by atoms with van der Waals surface area (Å²) < 4.78 is 2.03. The highest BCUT2D eigenvalue weighted by Crippen LogP contribution is 2.41. The average molecular weight is 186 g/mol. The number of aldehydes is 1. The molecule has 3 rings (SSSR count). The van der Waals surface area contributed by atoms with Crippen LogP contribution in [0.4, 0.5) is 0 Å². The van der Waals surface area contributed by atoms with Crippen LogP contribution in [0.25, 0.3) is 5.65 Å². The van der Waals surface area contributed by atoms with Gasteiger partial charge in [0, 0.05) is 12.1 Å². The van der Waals surface area contributed by atoms with Crippen molar-refractivity contribution >= 4 is 11.9 Å². The predicted octanol–water partition coefficient (Wildman–Crippen LogP) is 2.02. The van der Waals surface area contributed by atoms with Gasteiger partial charge in [0.1, 0.15) is 11.3 Å². The smallest absolute Gasteiger partial charge is 0.170 e. The maximum absolute atomic E-state index is 10.9. The SMILES string of the molecule is O=Cc1nc2ccccn2c1C1CC1. The van der Waals surface area contributed by atoms with Crippen molar-refractivity contribution in [2.24, 2.45) is 0 Å². The van der Waals surface area contributed by atoms with Crippen molar-refractivity contribution in [3.63, 3.8) is 0 Å². The first-order valence-corrected chi connectivity index (χ1v) is 4.82. The molecular formula is C11H10N2O. The number of carbonyl (C=O) groups is 1. The van der Waals surface area contributed by atoms with E-state index in [1.807, 2.05) is 28.8 Å². The highest BCUT2D eigenvalue weighted by Gasteiger charge is 2.29. The Morgan fingerprint density at radius 1 is 1.43 bits per heavy atom. The summed E-state index contributed by atoms with van der Waals surface area (Å²) in [6.45, 7) is 0. The van der Waals surface area contributed by atoms with E-state index in [1.54, 1.807) is 0 Å². The largest absolute Gasteiger partial charge is 0.303 e. The molecule has 1 saturated carbocycles. The molecule has 0 spiro atoms. The Hall–Kier alpha value is -1.64. The van der Waals surface area contributed by atoms with E-state index in [0.29, 0.717) is 11.6 Å². The molecule has 14 heavy (non-hydrogen) atoms. The number of imidazole rings is 1. The Bertz CT molecular complexity index is 497. The minimum absolute atomic E-state index is 0.549. The number of pyridine rings is 1. The van der Waals surface area contributed by atoms with Crippen LogP contribution in [0.5, 0.6) is 0 Å². The molecule has 0 radical (unpaired) electrons. The number of hydrogen-bond donors (Lipinski definition) is 0. The second-order valence-corrected chi connectivity index (χ2v) is 3.70. The molecule has 1 fully saturated rings. The second-order valence-electron chi connectivity index (χ2n) is 3.70. The number of nitrogens with zero attached hydrogens (tertiary/aromatic N) is 2. The Morgan fingerprint density at radius 2 is 2.29 bits per heavy atom. The molecule has 0 aromatic carbocycles. The molecule has 0 saturated heterocycles. The highest BCUT2D eigenvalue weighted by atomic mass is 16.1. The van der Waals surface area contributed by atoms with E-state index >= 15 is 0 Å². The number of rotatable bonds is 2. The first kappa shape index (κ1) is 7.74. The molecule has 3 nitrogen and oxygen atoms in total. The van der Waals surface area contributed by atoms with Crippen molar-refractivity contribution in [2.45, 2.75) is 18.8 Å². The lowest BCUT2D eigenvalue weighted by Crippen LogP contribution is -1.92. The molecular weight excluding hydrogens is 176 g/mol. The lowest BCUT2D eigenvalue weighted by Gasteiger charge is -1.98. The molecule has 2 aromatic heterocycles. The minimum Gasteiger partial charge on any atom is -0.303 e. The number of fused-ring (bicyclic) bond motifs is 1. The van der Waals surface area contributed by atoms with Gasteiger partial charge in [-0.2, -0.15) is 0 Å². The first-order valence-electron chi connectivity index (χ1n) is 4.82. The maximum Gasteiger partial charge on any atom is 0.170 e. The molecule has 70 valence electrons. The van der Waals surface area contributed by atoms with Gasteiger partial charge in [0.2, 0.25) is 0 Å². The molecule has 1 aliphatic rings. The third-order valence-electron chi connectivity index (χ3n) is 2.67. The molecule has 0 amide bonds. The molecule has 0 atom stereocenters. The van der Waals surface area contributed by atoms with Crippen LogP contribution in [-0.2, 0) is 0 Å². The van der Waals surface area contributed by atoms with Gasteiger partial charge in [-0.25, -0.2) is 4.98 Å². The van der Waals surface area contributed by atoms with Gasteiger partial charge in [-0.15, -0.1) is 0 Å². The number of carbonyl (C=O) groups excluding carboxylic acids is 1. The fourth-order valence-corrected chi connectivity index (χ4v) is 1.88. The van der Waals surface area contributed by atoms with E-state index in [1.165, 1.54) is 12.8 Å². The molecule has 2 heterocycles. The van der Waals surface area contributed by atoms with E-state index < -0.39 is 0 Å². The monoisotopic (exact) mass is 186 g/mol. The van der Waals surface area contributed by atoms with Gasteiger partial charge in [0.05, 0.1) is 5.69 Å². The summed E-state index contributed by atoms with van der Waals surface area (Å²) in [4.78, 5) is 15.1. The van der Waals surface area contributed by atoms with Crippen molar-refractivity contribution in [2.75, 3.05) is 0 Å². The molecule has 0 unspecified atom stereocenters. The number of aromatic nitrogens is 2.